The summed E-state index contributed by atoms with van der Waals surface area (Å²) < 4.78 is 29.4. The molecule has 3 nitrogen and oxygen atoms in total. The van der Waals surface area contributed by atoms with Gasteiger partial charge in [0.05, 0.1) is 4.90 Å². The fourth-order valence-electron chi connectivity index (χ4n) is 4.05. The third kappa shape index (κ3) is 3.28. The van der Waals surface area contributed by atoms with Gasteiger partial charge in [0, 0.05) is 24.4 Å². The Balaban J connectivity index is 1.56. The third-order valence-electron chi connectivity index (χ3n) is 5.48. The molecule has 136 valence electrons. The van der Waals surface area contributed by atoms with Crippen molar-refractivity contribution in [2.75, 3.05) is 13.1 Å². The van der Waals surface area contributed by atoms with E-state index in [1.165, 1.54) is 4.48 Å². The van der Waals surface area contributed by atoms with Crippen molar-refractivity contribution in [2.24, 2.45) is 11.8 Å². The van der Waals surface area contributed by atoms with Crippen LogP contribution in [0.2, 0.25) is 0 Å². The first-order valence-corrected chi connectivity index (χ1v) is 11.3. The van der Waals surface area contributed by atoms with E-state index in [0.717, 1.165) is 30.0 Å². The van der Waals surface area contributed by atoms with Crippen LogP contribution in [0.25, 0.3) is 10.8 Å². The van der Waals surface area contributed by atoms with Crippen LogP contribution in [-0.2, 0) is 10.0 Å². The minimum absolute atomic E-state index is 0.395. The molecule has 2 aliphatic rings. The van der Waals surface area contributed by atoms with Gasteiger partial charge < -0.3 is 0 Å². The number of piperidine rings is 1. The molecule has 0 spiro atoms. The molecule has 4 rings (SSSR count). The molecule has 0 N–H and O–H groups in total. The molecule has 1 aliphatic heterocycles. The Morgan fingerprint density at radius 2 is 1.73 bits per heavy atom. The Kier molecular flexibility index (Phi) is 5.04. The number of sulfonamides is 1. The Hall–Kier alpha value is -1.43. The van der Waals surface area contributed by atoms with Crippen LogP contribution in [0.3, 0.4) is 0 Å². The predicted octanol–water partition coefficient (Wildman–Crippen LogP) is 5.10. The van der Waals surface area contributed by atoms with Crippen LogP contribution in [0, 0.1) is 11.8 Å². The maximum atomic E-state index is 13.2. The minimum Gasteiger partial charge on any atom is -0.207 e. The van der Waals surface area contributed by atoms with E-state index in [0.29, 0.717) is 29.8 Å². The number of fused-ring (bicyclic) bond motifs is 1. The zero-order valence-electron chi connectivity index (χ0n) is 14.5. The first-order valence-electron chi connectivity index (χ1n) is 9.07. The molecule has 1 atom stereocenters. The average Bonchev–Trinajstić information content (AvgIpc) is 2.68. The monoisotopic (exact) mass is 431 g/mol. The number of hydrogen-bond donors (Lipinski definition) is 0. The van der Waals surface area contributed by atoms with Crippen molar-refractivity contribution in [3.8, 4) is 0 Å². The van der Waals surface area contributed by atoms with Gasteiger partial charge in [0.1, 0.15) is 0 Å². The third-order valence-corrected chi connectivity index (χ3v) is 8.29. The van der Waals surface area contributed by atoms with E-state index in [2.05, 4.69) is 34.2 Å². The molecule has 26 heavy (non-hydrogen) atoms. The summed E-state index contributed by atoms with van der Waals surface area (Å²) in [6.07, 6.45) is 9.44. The summed E-state index contributed by atoms with van der Waals surface area (Å²) in [7, 11) is -3.47. The fourth-order valence-corrected chi connectivity index (χ4v) is 6.45. The SMILES string of the molecule is O=S(=O)(c1cccc2ccccc12)N1CCC(C2C=CCC=C2Br)CC1. The highest BCUT2D eigenvalue weighted by atomic mass is 79.9. The lowest BCUT2D eigenvalue weighted by Crippen LogP contribution is -2.40. The molecule has 1 heterocycles. The van der Waals surface area contributed by atoms with Gasteiger partial charge in [0.15, 0.2) is 0 Å². The standard InChI is InChI=1S/C21H22BrNO2S/c22-20-10-4-3-8-18(20)17-12-14-23(15-13-17)26(24,25)21-11-5-7-16-6-1-2-9-19(16)21/h1-3,5-11,17-18H,4,12-15H2. The van der Waals surface area contributed by atoms with Crippen LogP contribution in [0.4, 0.5) is 0 Å². The summed E-state index contributed by atoms with van der Waals surface area (Å²) in [5.41, 5.74) is 0. The highest BCUT2D eigenvalue weighted by molar-refractivity contribution is 9.11. The largest absolute Gasteiger partial charge is 0.243 e. The lowest BCUT2D eigenvalue weighted by molar-refractivity contribution is 0.249. The first-order chi connectivity index (χ1) is 12.6. The zero-order chi connectivity index (χ0) is 18.1. The minimum atomic E-state index is -3.47. The van der Waals surface area contributed by atoms with E-state index in [-0.39, 0.29) is 0 Å². The normalized spacial score (nSPS) is 22.5. The molecule has 0 saturated carbocycles. The lowest BCUT2D eigenvalue weighted by Gasteiger charge is -2.35. The van der Waals surface area contributed by atoms with Crippen molar-refractivity contribution in [1.82, 2.24) is 4.31 Å². The van der Waals surface area contributed by atoms with Gasteiger partial charge in [-0.3, -0.25) is 0 Å². The average molecular weight is 432 g/mol. The number of benzene rings is 2. The fraction of sp³-hybridized carbons (Fsp3) is 0.333. The summed E-state index contributed by atoms with van der Waals surface area (Å²) in [4.78, 5) is 0.424. The Morgan fingerprint density at radius 1 is 1.00 bits per heavy atom. The summed E-state index contributed by atoms with van der Waals surface area (Å²) in [6.45, 7) is 1.17. The molecule has 2 aromatic carbocycles. The van der Waals surface area contributed by atoms with Gasteiger partial charge in [0.2, 0.25) is 10.0 Å². The smallest absolute Gasteiger partial charge is 0.207 e. The van der Waals surface area contributed by atoms with Crippen molar-refractivity contribution in [1.29, 1.82) is 0 Å². The molecule has 1 saturated heterocycles. The Morgan fingerprint density at radius 3 is 2.50 bits per heavy atom. The van der Waals surface area contributed by atoms with Gasteiger partial charge in [-0.2, -0.15) is 4.31 Å². The maximum absolute atomic E-state index is 13.2. The van der Waals surface area contributed by atoms with Crippen molar-refractivity contribution in [3.05, 3.63) is 65.2 Å². The van der Waals surface area contributed by atoms with E-state index in [1.807, 2.05) is 36.4 Å². The molecule has 2 aromatic rings. The van der Waals surface area contributed by atoms with Crippen molar-refractivity contribution >= 4 is 36.7 Å². The summed E-state index contributed by atoms with van der Waals surface area (Å²) in [5, 5.41) is 1.77. The van der Waals surface area contributed by atoms with E-state index in [9.17, 15) is 8.42 Å². The number of hydrogen-bond acceptors (Lipinski definition) is 2. The van der Waals surface area contributed by atoms with E-state index in [1.54, 1.807) is 10.4 Å². The maximum Gasteiger partial charge on any atom is 0.243 e. The highest BCUT2D eigenvalue weighted by Crippen LogP contribution is 2.37. The highest BCUT2D eigenvalue weighted by Gasteiger charge is 2.33. The van der Waals surface area contributed by atoms with Gasteiger partial charge >= 0.3 is 0 Å². The van der Waals surface area contributed by atoms with Crippen LogP contribution in [0.1, 0.15) is 19.3 Å². The summed E-state index contributed by atoms with van der Waals surface area (Å²) in [6, 6.07) is 13.2. The number of halogens is 1. The van der Waals surface area contributed by atoms with E-state index < -0.39 is 10.0 Å². The van der Waals surface area contributed by atoms with Crippen molar-refractivity contribution < 1.29 is 8.42 Å². The molecule has 0 aromatic heterocycles. The lowest BCUT2D eigenvalue weighted by atomic mass is 9.83. The molecule has 5 heteroatoms. The van der Waals surface area contributed by atoms with Crippen molar-refractivity contribution in [3.63, 3.8) is 0 Å². The molecule has 1 unspecified atom stereocenters. The Bertz CT molecular complexity index is 967. The second-order valence-corrected chi connectivity index (χ2v) is 9.82. The summed E-state index contributed by atoms with van der Waals surface area (Å²) in [5.74, 6) is 0.891. The van der Waals surface area contributed by atoms with Gasteiger partial charge in [-0.15, -0.1) is 0 Å². The van der Waals surface area contributed by atoms with E-state index in [4.69, 9.17) is 0 Å². The van der Waals surface area contributed by atoms with Crippen molar-refractivity contribution in [2.45, 2.75) is 24.2 Å². The van der Waals surface area contributed by atoms with Crippen LogP contribution in [-0.4, -0.2) is 25.8 Å². The second kappa shape index (κ2) is 7.29. The van der Waals surface area contributed by atoms with Gasteiger partial charge in [0.25, 0.3) is 0 Å². The molecular weight excluding hydrogens is 410 g/mol. The molecule has 0 bridgehead atoms. The molecule has 0 amide bonds. The Labute approximate surface area is 163 Å². The van der Waals surface area contributed by atoms with E-state index >= 15 is 0 Å². The first kappa shape index (κ1) is 18.0. The molecule has 0 radical (unpaired) electrons. The molecule has 1 aliphatic carbocycles. The van der Waals surface area contributed by atoms with Crippen LogP contribution >= 0.6 is 15.9 Å². The molecule has 1 fully saturated rings. The van der Waals surface area contributed by atoms with Gasteiger partial charge in [-0.1, -0.05) is 70.6 Å². The number of nitrogens with zero attached hydrogens (tertiary/aromatic N) is 1. The van der Waals surface area contributed by atoms with Crippen LogP contribution < -0.4 is 0 Å². The number of rotatable bonds is 3. The van der Waals surface area contributed by atoms with Gasteiger partial charge in [-0.25, -0.2) is 8.42 Å². The van der Waals surface area contributed by atoms with Crippen LogP contribution in [0.15, 0.2) is 70.1 Å². The number of allylic oxidation sites excluding steroid dienone is 4. The quantitative estimate of drug-likeness (QED) is 0.634. The zero-order valence-corrected chi connectivity index (χ0v) is 16.9. The second-order valence-electron chi connectivity index (χ2n) is 7.00. The summed E-state index contributed by atoms with van der Waals surface area (Å²) >= 11 is 3.69. The van der Waals surface area contributed by atoms with Gasteiger partial charge in [-0.05, 0) is 41.1 Å². The predicted molar refractivity (Wildman–Crippen MR) is 110 cm³/mol. The topological polar surface area (TPSA) is 37.4 Å². The van der Waals surface area contributed by atoms with Crippen LogP contribution in [0.5, 0.6) is 0 Å². The molecular formula is C21H22BrNO2S.